The highest BCUT2D eigenvalue weighted by molar-refractivity contribution is 5.77. The SMILES string of the molecule is CCc1cccc(-c2c(F)cccc2C(O)(CCCNC(=O)O)C2CCCN(C(=O)CC(O)CNC)C2)c1. The molecule has 3 rings (SSSR count). The Kier molecular flexibility index (Phi) is 10.6. The summed E-state index contributed by atoms with van der Waals surface area (Å²) in [7, 11) is 1.71. The second-order valence-electron chi connectivity index (χ2n) is 10.1. The molecule has 0 aromatic heterocycles. The van der Waals surface area contributed by atoms with E-state index in [1.807, 2.05) is 31.2 Å². The van der Waals surface area contributed by atoms with E-state index in [2.05, 4.69) is 10.6 Å². The minimum Gasteiger partial charge on any atom is -0.465 e. The standard InChI is InChI=1S/C29H40FN3O5/c1-3-20-8-4-9-21(16-20)27-24(11-5-12-25(27)30)29(38,13-7-14-32-28(36)37)22-10-6-15-33(19-22)26(35)17-23(34)18-31-2/h4-5,8-9,11-12,16,22-23,31-32,34,38H,3,6-7,10,13-15,17-19H2,1-2H3,(H,36,37). The Hall–Kier alpha value is -3.01. The van der Waals surface area contributed by atoms with Crippen molar-refractivity contribution in [1.29, 1.82) is 0 Å². The number of carbonyl (C=O) groups excluding carboxylic acids is 1. The molecule has 3 atom stereocenters. The molecule has 2 aromatic rings. The number of likely N-dealkylation sites (N-methyl/N-ethyl adjacent to an activating group) is 1. The van der Waals surface area contributed by atoms with Gasteiger partial charge in [0.05, 0.1) is 18.1 Å². The Balaban J connectivity index is 1.99. The predicted molar refractivity (Wildman–Crippen MR) is 144 cm³/mol. The normalized spacial score (nSPS) is 18.0. The number of rotatable bonds is 12. The number of aryl methyl sites for hydroxylation is 1. The first-order valence-electron chi connectivity index (χ1n) is 13.4. The monoisotopic (exact) mass is 529 g/mol. The van der Waals surface area contributed by atoms with Crippen molar-refractivity contribution in [3.63, 3.8) is 0 Å². The van der Waals surface area contributed by atoms with E-state index in [4.69, 9.17) is 5.11 Å². The lowest BCUT2D eigenvalue weighted by Crippen LogP contribution is -2.49. The average molecular weight is 530 g/mol. The molecule has 3 unspecified atom stereocenters. The highest BCUT2D eigenvalue weighted by Crippen LogP contribution is 2.44. The highest BCUT2D eigenvalue weighted by atomic mass is 19.1. The van der Waals surface area contributed by atoms with Crippen LogP contribution in [0.25, 0.3) is 11.1 Å². The van der Waals surface area contributed by atoms with Gasteiger partial charge in [0.25, 0.3) is 0 Å². The number of aliphatic hydroxyl groups is 2. The first kappa shape index (κ1) is 29.5. The van der Waals surface area contributed by atoms with Crippen LogP contribution in [-0.4, -0.2) is 71.6 Å². The number of piperidine rings is 1. The zero-order valence-corrected chi connectivity index (χ0v) is 22.3. The molecule has 1 aliphatic rings. The number of aliphatic hydroxyl groups excluding tert-OH is 1. The van der Waals surface area contributed by atoms with Crippen LogP contribution < -0.4 is 10.6 Å². The van der Waals surface area contributed by atoms with Gasteiger partial charge in [-0.05, 0) is 61.9 Å². The van der Waals surface area contributed by atoms with E-state index < -0.39 is 29.5 Å². The minimum atomic E-state index is -1.51. The summed E-state index contributed by atoms with van der Waals surface area (Å²) in [6.45, 7) is 3.24. The molecule has 9 heteroatoms. The third-order valence-corrected chi connectivity index (χ3v) is 7.41. The predicted octanol–water partition coefficient (Wildman–Crippen LogP) is 3.50. The molecule has 208 valence electrons. The molecule has 1 fully saturated rings. The molecule has 38 heavy (non-hydrogen) atoms. The van der Waals surface area contributed by atoms with Crippen LogP contribution in [0.3, 0.4) is 0 Å². The average Bonchev–Trinajstić information content (AvgIpc) is 2.91. The fourth-order valence-corrected chi connectivity index (χ4v) is 5.47. The van der Waals surface area contributed by atoms with Crippen LogP contribution in [0, 0.1) is 11.7 Å². The van der Waals surface area contributed by atoms with E-state index in [0.29, 0.717) is 49.0 Å². The maximum absolute atomic E-state index is 15.5. The summed E-state index contributed by atoms with van der Waals surface area (Å²) in [5, 5.41) is 36.7. The first-order chi connectivity index (χ1) is 18.2. The Bertz CT molecular complexity index is 1100. The number of benzene rings is 2. The number of hydrogen-bond acceptors (Lipinski definition) is 5. The summed E-state index contributed by atoms with van der Waals surface area (Å²) >= 11 is 0. The van der Waals surface area contributed by atoms with E-state index in [1.165, 1.54) is 6.07 Å². The second kappa shape index (κ2) is 13.7. The molecule has 2 aromatic carbocycles. The van der Waals surface area contributed by atoms with E-state index >= 15 is 4.39 Å². The molecular weight excluding hydrogens is 489 g/mol. The van der Waals surface area contributed by atoms with Gasteiger partial charge in [0.1, 0.15) is 5.82 Å². The van der Waals surface area contributed by atoms with Gasteiger partial charge in [0.15, 0.2) is 0 Å². The Labute approximate surface area is 223 Å². The van der Waals surface area contributed by atoms with Crippen molar-refractivity contribution in [2.75, 3.05) is 33.2 Å². The van der Waals surface area contributed by atoms with Gasteiger partial charge in [-0.3, -0.25) is 4.79 Å². The fourth-order valence-electron chi connectivity index (χ4n) is 5.47. The molecule has 1 aliphatic heterocycles. The zero-order chi connectivity index (χ0) is 27.7. The van der Waals surface area contributed by atoms with Gasteiger partial charge in [0, 0.05) is 37.7 Å². The van der Waals surface area contributed by atoms with E-state index in [1.54, 1.807) is 24.1 Å². The zero-order valence-electron chi connectivity index (χ0n) is 22.3. The van der Waals surface area contributed by atoms with Gasteiger partial charge in [-0.1, -0.05) is 43.3 Å². The number of carbonyl (C=O) groups is 2. The number of nitrogens with zero attached hydrogens (tertiary/aromatic N) is 1. The van der Waals surface area contributed by atoms with Gasteiger partial charge in [-0.25, -0.2) is 9.18 Å². The Morgan fingerprint density at radius 2 is 2.00 bits per heavy atom. The van der Waals surface area contributed by atoms with Gasteiger partial charge in [-0.15, -0.1) is 0 Å². The lowest BCUT2D eigenvalue weighted by molar-refractivity contribution is -0.138. The molecule has 0 bridgehead atoms. The van der Waals surface area contributed by atoms with Crippen molar-refractivity contribution in [2.45, 2.75) is 57.2 Å². The fraction of sp³-hybridized carbons (Fsp3) is 0.517. The van der Waals surface area contributed by atoms with E-state index in [-0.39, 0.29) is 31.8 Å². The van der Waals surface area contributed by atoms with E-state index in [9.17, 15) is 19.8 Å². The van der Waals surface area contributed by atoms with E-state index in [0.717, 1.165) is 12.0 Å². The highest BCUT2D eigenvalue weighted by Gasteiger charge is 2.43. The summed E-state index contributed by atoms with van der Waals surface area (Å²) in [4.78, 5) is 25.6. The number of halogens is 1. The lowest BCUT2D eigenvalue weighted by Gasteiger charge is -2.44. The quantitative estimate of drug-likeness (QED) is 0.268. The van der Waals surface area contributed by atoms with Crippen molar-refractivity contribution < 1.29 is 29.3 Å². The van der Waals surface area contributed by atoms with Crippen LogP contribution in [0.5, 0.6) is 0 Å². The van der Waals surface area contributed by atoms with Crippen molar-refractivity contribution in [2.24, 2.45) is 5.92 Å². The number of likely N-dealkylation sites (tertiary alicyclic amines) is 1. The summed E-state index contributed by atoms with van der Waals surface area (Å²) in [6.07, 6.45) is 0.595. The second-order valence-corrected chi connectivity index (χ2v) is 10.1. The molecule has 2 amide bonds. The van der Waals surface area contributed by atoms with Crippen LogP contribution >= 0.6 is 0 Å². The largest absolute Gasteiger partial charge is 0.465 e. The van der Waals surface area contributed by atoms with Crippen LogP contribution in [0.2, 0.25) is 0 Å². The maximum atomic E-state index is 15.5. The summed E-state index contributed by atoms with van der Waals surface area (Å²) in [5.74, 6) is -1.04. The van der Waals surface area contributed by atoms with Crippen LogP contribution in [0.15, 0.2) is 42.5 Å². The summed E-state index contributed by atoms with van der Waals surface area (Å²) in [6, 6.07) is 12.3. The number of nitrogens with one attached hydrogen (secondary N) is 2. The smallest absolute Gasteiger partial charge is 0.404 e. The van der Waals surface area contributed by atoms with Crippen LogP contribution in [0.4, 0.5) is 9.18 Å². The molecule has 0 aliphatic carbocycles. The third kappa shape index (κ3) is 7.30. The molecule has 0 radical (unpaired) electrons. The van der Waals surface area contributed by atoms with Crippen molar-refractivity contribution >= 4 is 12.0 Å². The first-order valence-corrected chi connectivity index (χ1v) is 13.4. The molecule has 0 saturated carbocycles. The van der Waals surface area contributed by atoms with Crippen molar-refractivity contribution in [1.82, 2.24) is 15.5 Å². The molecule has 1 heterocycles. The van der Waals surface area contributed by atoms with Crippen molar-refractivity contribution in [3.8, 4) is 11.1 Å². The molecule has 1 saturated heterocycles. The Morgan fingerprint density at radius 3 is 2.71 bits per heavy atom. The van der Waals surface area contributed by atoms with Crippen LogP contribution in [-0.2, 0) is 16.8 Å². The number of hydrogen-bond donors (Lipinski definition) is 5. The molecule has 0 spiro atoms. The van der Waals surface area contributed by atoms with Gasteiger partial charge < -0.3 is 30.9 Å². The summed E-state index contributed by atoms with van der Waals surface area (Å²) < 4.78 is 15.5. The van der Waals surface area contributed by atoms with Crippen LogP contribution in [0.1, 0.15) is 50.2 Å². The Morgan fingerprint density at radius 1 is 1.24 bits per heavy atom. The van der Waals surface area contributed by atoms with Gasteiger partial charge in [0.2, 0.25) is 5.91 Å². The van der Waals surface area contributed by atoms with Gasteiger partial charge >= 0.3 is 6.09 Å². The number of carboxylic acid groups (broad SMARTS) is 1. The lowest BCUT2D eigenvalue weighted by atomic mass is 9.72. The molecular formula is C29H40FN3O5. The van der Waals surface area contributed by atoms with Crippen molar-refractivity contribution in [3.05, 3.63) is 59.4 Å². The van der Waals surface area contributed by atoms with Gasteiger partial charge in [-0.2, -0.15) is 0 Å². The molecule has 5 N–H and O–H groups in total. The maximum Gasteiger partial charge on any atom is 0.404 e. The molecule has 8 nitrogen and oxygen atoms in total. The topological polar surface area (TPSA) is 122 Å². The minimum absolute atomic E-state index is 0.0243. The third-order valence-electron chi connectivity index (χ3n) is 7.41. The summed E-state index contributed by atoms with van der Waals surface area (Å²) in [5.41, 5.74) is 0.960. The number of amides is 2.